The van der Waals surface area contributed by atoms with E-state index < -0.39 is 6.04 Å². The molecule has 5 aromatic rings. The number of H-pyrrole nitrogens is 1. The van der Waals surface area contributed by atoms with Crippen LogP contribution in [0.2, 0.25) is 0 Å². The number of para-hydroxylation sites is 1. The highest BCUT2D eigenvalue weighted by atomic mass is 16.5. The second-order valence-corrected chi connectivity index (χ2v) is 10.5. The number of hydrogen-bond donors (Lipinski definition) is 1. The van der Waals surface area contributed by atoms with Crippen LogP contribution < -0.4 is 5.56 Å². The highest BCUT2D eigenvalue weighted by molar-refractivity contribution is 5.82. The molecule has 0 amide bonds. The molecule has 9 heteroatoms. The number of tetrazole rings is 1. The fraction of sp³-hybridized carbons (Fsp3) is 0.312. The minimum Gasteiger partial charge on any atom is -0.383 e. The zero-order chi connectivity index (χ0) is 28.2. The van der Waals surface area contributed by atoms with Crippen LogP contribution in [-0.4, -0.2) is 74.9 Å². The molecule has 0 unspecified atom stereocenters. The van der Waals surface area contributed by atoms with Gasteiger partial charge < -0.3 is 9.72 Å². The maximum absolute atomic E-state index is 13.6. The summed E-state index contributed by atoms with van der Waals surface area (Å²) in [5.41, 5.74) is 4.97. The van der Waals surface area contributed by atoms with Gasteiger partial charge in [-0.1, -0.05) is 78.9 Å². The molecule has 3 aromatic carbocycles. The van der Waals surface area contributed by atoms with Gasteiger partial charge in [-0.15, -0.1) is 5.10 Å². The van der Waals surface area contributed by atoms with E-state index in [0.717, 1.165) is 42.6 Å². The Morgan fingerprint density at radius 1 is 0.854 bits per heavy atom. The number of aromatic nitrogens is 5. The van der Waals surface area contributed by atoms with Gasteiger partial charge in [0.25, 0.3) is 5.56 Å². The van der Waals surface area contributed by atoms with Crippen LogP contribution in [0.3, 0.4) is 0 Å². The van der Waals surface area contributed by atoms with E-state index in [1.807, 2.05) is 31.2 Å². The van der Waals surface area contributed by atoms with Crippen LogP contribution in [0.1, 0.15) is 40.2 Å². The molecule has 0 radical (unpaired) electrons. The van der Waals surface area contributed by atoms with Crippen molar-refractivity contribution >= 4 is 10.9 Å². The van der Waals surface area contributed by atoms with Crippen molar-refractivity contribution in [2.24, 2.45) is 0 Å². The summed E-state index contributed by atoms with van der Waals surface area (Å²) in [6.45, 7) is 6.15. The van der Waals surface area contributed by atoms with Crippen molar-refractivity contribution < 1.29 is 4.74 Å². The Morgan fingerprint density at radius 3 is 2.12 bits per heavy atom. The van der Waals surface area contributed by atoms with Crippen molar-refractivity contribution in [2.45, 2.75) is 25.6 Å². The van der Waals surface area contributed by atoms with Crippen molar-refractivity contribution in [3.63, 3.8) is 0 Å². The third kappa shape index (κ3) is 5.56. The first-order chi connectivity index (χ1) is 20.1. The number of nitrogens with zero attached hydrogens (tertiary/aromatic N) is 6. The van der Waals surface area contributed by atoms with Gasteiger partial charge in [0.2, 0.25) is 0 Å². The number of ether oxygens (including phenoxy) is 1. The van der Waals surface area contributed by atoms with E-state index in [2.05, 4.69) is 91.0 Å². The van der Waals surface area contributed by atoms with E-state index in [9.17, 15) is 4.79 Å². The van der Waals surface area contributed by atoms with Crippen LogP contribution >= 0.6 is 0 Å². The van der Waals surface area contributed by atoms with E-state index in [-0.39, 0.29) is 11.6 Å². The summed E-state index contributed by atoms with van der Waals surface area (Å²) in [6, 6.07) is 29.2. The molecule has 6 rings (SSSR count). The first-order valence-corrected chi connectivity index (χ1v) is 14.1. The van der Waals surface area contributed by atoms with Gasteiger partial charge in [-0.05, 0) is 45.5 Å². The van der Waals surface area contributed by atoms with Gasteiger partial charge >= 0.3 is 0 Å². The summed E-state index contributed by atoms with van der Waals surface area (Å²) in [4.78, 5) is 21.6. The van der Waals surface area contributed by atoms with Gasteiger partial charge in [0, 0.05) is 38.9 Å². The second-order valence-electron chi connectivity index (χ2n) is 10.5. The van der Waals surface area contributed by atoms with Gasteiger partial charge in [-0.2, -0.15) is 0 Å². The molecular weight excluding hydrogens is 514 g/mol. The van der Waals surface area contributed by atoms with Gasteiger partial charge in [-0.3, -0.25) is 14.6 Å². The number of nitrogens with one attached hydrogen (secondary N) is 1. The summed E-state index contributed by atoms with van der Waals surface area (Å²) < 4.78 is 7.08. The van der Waals surface area contributed by atoms with Gasteiger partial charge in [-0.25, -0.2) is 4.68 Å². The van der Waals surface area contributed by atoms with Crippen LogP contribution in [0.25, 0.3) is 10.9 Å². The lowest BCUT2D eigenvalue weighted by Crippen LogP contribution is -2.50. The molecule has 0 aliphatic carbocycles. The Kier molecular flexibility index (Phi) is 8.00. The maximum atomic E-state index is 13.6. The Labute approximate surface area is 239 Å². The molecule has 1 saturated heterocycles. The molecule has 0 bridgehead atoms. The fourth-order valence-electron chi connectivity index (χ4n) is 5.99. The highest BCUT2D eigenvalue weighted by Gasteiger charge is 2.34. The third-order valence-electron chi connectivity index (χ3n) is 8.03. The smallest absolute Gasteiger partial charge is 0.253 e. The highest BCUT2D eigenvalue weighted by Crippen LogP contribution is 2.33. The van der Waals surface area contributed by atoms with E-state index >= 15 is 0 Å². The van der Waals surface area contributed by atoms with Crippen molar-refractivity contribution in [3.8, 4) is 0 Å². The minimum absolute atomic E-state index is 0.119. The molecule has 1 aliphatic heterocycles. The predicted molar refractivity (Wildman–Crippen MR) is 159 cm³/mol. The molecule has 9 nitrogen and oxygen atoms in total. The van der Waals surface area contributed by atoms with E-state index in [1.165, 1.54) is 11.1 Å². The summed E-state index contributed by atoms with van der Waals surface area (Å²) in [6.07, 6.45) is 0. The van der Waals surface area contributed by atoms with E-state index in [0.29, 0.717) is 24.5 Å². The number of methoxy groups -OCH3 is 1. The third-order valence-corrected chi connectivity index (χ3v) is 8.03. The van der Waals surface area contributed by atoms with Crippen LogP contribution in [0, 0.1) is 6.92 Å². The summed E-state index contributed by atoms with van der Waals surface area (Å²) >= 11 is 0. The average Bonchev–Trinajstić information content (AvgIpc) is 3.47. The number of pyridine rings is 1. The minimum atomic E-state index is -0.399. The van der Waals surface area contributed by atoms with Crippen molar-refractivity contribution in [3.05, 3.63) is 123 Å². The largest absolute Gasteiger partial charge is 0.383 e. The van der Waals surface area contributed by atoms with E-state index in [4.69, 9.17) is 4.74 Å². The number of aromatic amines is 1. The quantitative estimate of drug-likeness (QED) is 0.298. The first-order valence-electron chi connectivity index (χ1n) is 14.1. The normalized spacial score (nSPS) is 15.5. The van der Waals surface area contributed by atoms with Crippen molar-refractivity contribution in [1.82, 2.24) is 35.0 Å². The number of hydrogen-bond acceptors (Lipinski definition) is 7. The average molecular weight is 550 g/mol. The lowest BCUT2D eigenvalue weighted by atomic mass is 9.96. The SMILES string of the molecule is COCCn1nnnc1[C@@H](c1cc2cccc(C)c2[nH]c1=O)N1CCN(C(c2ccccc2)c2ccccc2)CC1. The molecule has 0 saturated carbocycles. The van der Waals surface area contributed by atoms with Crippen LogP contribution in [-0.2, 0) is 11.3 Å². The molecular formula is C32H35N7O2. The van der Waals surface area contributed by atoms with Crippen LogP contribution in [0.4, 0.5) is 0 Å². The second kappa shape index (κ2) is 12.1. The lowest BCUT2D eigenvalue weighted by molar-refractivity contribution is 0.0848. The topological polar surface area (TPSA) is 92.2 Å². The van der Waals surface area contributed by atoms with Crippen LogP contribution in [0.5, 0.6) is 0 Å². The molecule has 210 valence electrons. The zero-order valence-corrected chi connectivity index (χ0v) is 23.5. The number of rotatable bonds is 9. The molecule has 3 heterocycles. The fourth-order valence-corrected chi connectivity index (χ4v) is 5.99. The standard InChI is InChI=1S/C32H35N7O2/c1-23-10-9-15-26-22-27(32(40)33-28(23)26)30(31-34-35-36-39(31)20-21-41-2)38-18-16-37(17-19-38)29(24-11-5-3-6-12-24)25-13-7-4-8-14-25/h3-15,22,29-30H,16-21H2,1-2H3,(H,33,40)/t30-/m1/s1. The maximum Gasteiger partial charge on any atom is 0.253 e. The number of aryl methyl sites for hydroxylation is 1. The summed E-state index contributed by atoms with van der Waals surface area (Å²) in [7, 11) is 1.66. The molecule has 41 heavy (non-hydrogen) atoms. The molecule has 1 atom stereocenters. The van der Waals surface area contributed by atoms with Gasteiger partial charge in [0.15, 0.2) is 5.82 Å². The van der Waals surface area contributed by atoms with Gasteiger partial charge in [0.1, 0.15) is 6.04 Å². The van der Waals surface area contributed by atoms with Crippen molar-refractivity contribution in [2.75, 3.05) is 39.9 Å². The summed E-state index contributed by atoms with van der Waals surface area (Å²) in [5.74, 6) is 0.649. The van der Waals surface area contributed by atoms with Gasteiger partial charge in [0.05, 0.1) is 24.7 Å². The lowest BCUT2D eigenvalue weighted by Gasteiger charge is -2.42. The first kappa shape index (κ1) is 27.0. The molecule has 0 spiro atoms. The Balaban J connectivity index is 1.35. The zero-order valence-electron chi connectivity index (χ0n) is 23.5. The summed E-state index contributed by atoms with van der Waals surface area (Å²) in [5, 5.41) is 13.7. The van der Waals surface area contributed by atoms with E-state index in [1.54, 1.807) is 11.8 Å². The van der Waals surface area contributed by atoms with Crippen LogP contribution in [0.15, 0.2) is 89.7 Å². The number of piperazine rings is 1. The molecule has 1 aliphatic rings. The monoisotopic (exact) mass is 549 g/mol. The van der Waals surface area contributed by atoms with Crippen molar-refractivity contribution in [1.29, 1.82) is 0 Å². The Bertz CT molecular complexity index is 1600. The number of benzene rings is 3. The molecule has 1 N–H and O–H groups in total. The molecule has 2 aromatic heterocycles. The number of fused-ring (bicyclic) bond motifs is 1. The Morgan fingerprint density at radius 2 is 1.49 bits per heavy atom. The Hall–Kier alpha value is -4.18. The predicted octanol–water partition coefficient (Wildman–Crippen LogP) is 3.97. The molecule has 1 fully saturated rings.